The second-order valence-corrected chi connectivity index (χ2v) is 3.77. The van der Waals surface area contributed by atoms with E-state index in [1.54, 1.807) is 18.2 Å². The van der Waals surface area contributed by atoms with Crippen LogP contribution in [-0.4, -0.2) is 24.8 Å². The Kier molecular flexibility index (Phi) is 5.77. The molecule has 1 rings (SSSR count). The summed E-state index contributed by atoms with van der Waals surface area (Å²) in [4.78, 5) is 11.2. The molecule has 0 radical (unpaired) electrons. The highest BCUT2D eigenvalue weighted by molar-refractivity contribution is 6.15. The first-order chi connectivity index (χ1) is 8.70. The van der Waals surface area contributed by atoms with Crippen LogP contribution in [0.1, 0.15) is 25.3 Å². The third-order valence-electron chi connectivity index (χ3n) is 2.40. The van der Waals surface area contributed by atoms with Gasteiger partial charge < -0.3 is 14.6 Å². The van der Waals surface area contributed by atoms with Crippen molar-refractivity contribution in [3.63, 3.8) is 0 Å². The minimum Gasteiger partial charge on any atom is -0.503 e. The molecule has 0 saturated carbocycles. The van der Waals surface area contributed by atoms with Crippen LogP contribution in [0.15, 0.2) is 30.5 Å². The molecule has 0 aliphatic rings. The summed E-state index contributed by atoms with van der Waals surface area (Å²) in [7, 11) is 1.42. The van der Waals surface area contributed by atoms with E-state index in [9.17, 15) is 4.79 Å². The maximum atomic E-state index is 11.2. The van der Waals surface area contributed by atoms with Gasteiger partial charge in [0.2, 0.25) is 0 Å². The van der Waals surface area contributed by atoms with E-state index >= 15 is 0 Å². The number of carbonyl (C=O) groups is 1. The lowest BCUT2D eigenvalue weighted by molar-refractivity contribution is -0.130. The average Bonchev–Trinajstić information content (AvgIpc) is 2.37. The summed E-state index contributed by atoms with van der Waals surface area (Å²) in [5, 5.41) is 9.15. The topological polar surface area (TPSA) is 55.8 Å². The van der Waals surface area contributed by atoms with Crippen LogP contribution >= 0.6 is 0 Å². The number of carboxylic acid groups (broad SMARTS) is 1. The molecular weight excluding hydrogens is 232 g/mol. The first kappa shape index (κ1) is 14.1. The molecule has 0 aliphatic heterocycles. The molecular formula is C14H18O4. The lowest BCUT2D eigenvalue weighted by Gasteiger charge is -2.11. The maximum absolute atomic E-state index is 11.2. The van der Waals surface area contributed by atoms with E-state index < -0.39 is 5.97 Å². The SMILES string of the molecule is CCCCOc1ccccc1/C(=C\OC)C(=O)O. The Morgan fingerprint density at radius 3 is 2.72 bits per heavy atom. The number of hydrogen-bond acceptors (Lipinski definition) is 3. The molecule has 0 heterocycles. The highest BCUT2D eigenvalue weighted by Gasteiger charge is 2.15. The second-order valence-electron chi connectivity index (χ2n) is 3.77. The van der Waals surface area contributed by atoms with Crippen molar-refractivity contribution >= 4 is 11.5 Å². The molecule has 0 aromatic heterocycles. The molecule has 4 heteroatoms. The molecule has 0 atom stereocenters. The van der Waals surface area contributed by atoms with Crippen molar-refractivity contribution in [3.05, 3.63) is 36.1 Å². The van der Waals surface area contributed by atoms with Crippen molar-refractivity contribution in [2.24, 2.45) is 0 Å². The number of aliphatic carboxylic acids is 1. The zero-order valence-electron chi connectivity index (χ0n) is 10.7. The monoisotopic (exact) mass is 250 g/mol. The quantitative estimate of drug-likeness (QED) is 0.459. The predicted molar refractivity (Wildman–Crippen MR) is 69.5 cm³/mol. The molecule has 1 N–H and O–H groups in total. The fourth-order valence-electron chi connectivity index (χ4n) is 1.49. The first-order valence-electron chi connectivity index (χ1n) is 5.89. The second kappa shape index (κ2) is 7.37. The van der Waals surface area contributed by atoms with E-state index in [0.717, 1.165) is 12.8 Å². The van der Waals surface area contributed by atoms with Gasteiger partial charge in [0.05, 0.1) is 20.0 Å². The summed E-state index contributed by atoms with van der Waals surface area (Å²) in [6, 6.07) is 7.06. The Hall–Kier alpha value is -1.97. The van der Waals surface area contributed by atoms with Crippen LogP contribution in [0.4, 0.5) is 0 Å². The summed E-state index contributed by atoms with van der Waals surface area (Å²) in [5.41, 5.74) is 0.618. The Bertz CT molecular complexity index is 424. The molecule has 18 heavy (non-hydrogen) atoms. The van der Waals surface area contributed by atoms with Gasteiger partial charge in [0.25, 0.3) is 0 Å². The third kappa shape index (κ3) is 3.80. The van der Waals surface area contributed by atoms with Crippen LogP contribution in [0.3, 0.4) is 0 Å². The lowest BCUT2D eigenvalue weighted by atomic mass is 10.1. The number of rotatable bonds is 7. The summed E-state index contributed by atoms with van der Waals surface area (Å²) >= 11 is 0. The summed E-state index contributed by atoms with van der Waals surface area (Å²) in [5.74, 6) is -0.472. The normalized spacial score (nSPS) is 11.1. The number of benzene rings is 1. The van der Waals surface area contributed by atoms with Crippen molar-refractivity contribution in [2.45, 2.75) is 19.8 Å². The number of hydrogen-bond donors (Lipinski definition) is 1. The van der Waals surface area contributed by atoms with E-state index in [-0.39, 0.29) is 5.57 Å². The van der Waals surface area contributed by atoms with Gasteiger partial charge in [-0.05, 0) is 12.5 Å². The minimum absolute atomic E-state index is 0.0876. The molecule has 1 aromatic carbocycles. The smallest absolute Gasteiger partial charge is 0.339 e. The Balaban J connectivity index is 2.99. The van der Waals surface area contributed by atoms with Crippen LogP contribution in [0.25, 0.3) is 5.57 Å². The molecule has 0 aliphatic carbocycles. The van der Waals surface area contributed by atoms with E-state index in [2.05, 4.69) is 6.92 Å². The Labute approximate surface area is 107 Å². The average molecular weight is 250 g/mol. The molecule has 0 bridgehead atoms. The van der Waals surface area contributed by atoms with Crippen LogP contribution in [0.5, 0.6) is 5.75 Å². The predicted octanol–water partition coefficient (Wildman–Crippen LogP) is 2.94. The number of ether oxygens (including phenoxy) is 2. The Morgan fingerprint density at radius 1 is 1.39 bits per heavy atom. The van der Waals surface area contributed by atoms with Crippen molar-refractivity contribution in [1.29, 1.82) is 0 Å². The molecule has 0 fully saturated rings. The fraction of sp³-hybridized carbons (Fsp3) is 0.357. The van der Waals surface area contributed by atoms with Crippen LogP contribution in [0, 0.1) is 0 Å². The fourth-order valence-corrected chi connectivity index (χ4v) is 1.49. The van der Waals surface area contributed by atoms with E-state index in [1.807, 2.05) is 6.07 Å². The van der Waals surface area contributed by atoms with Gasteiger partial charge in [-0.2, -0.15) is 0 Å². The highest BCUT2D eigenvalue weighted by Crippen LogP contribution is 2.26. The molecule has 4 nitrogen and oxygen atoms in total. The largest absolute Gasteiger partial charge is 0.503 e. The van der Waals surface area contributed by atoms with Gasteiger partial charge >= 0.3 is 5.97 Å². The van der Waals surface area contributed by atoms with Gasteiger partial charge in [-0.1, -0.05) is 31.5 Å². The molecule has 98 valence electrons. The zero-order chi connectivity index (χ0) is 13.4. The third-order valence-corrected chi connectivity index (χ3v) is 2.40. The van der Waals surface area contributed by atoms with E-state index in [0.29, 0.717) is 17.9 Å². The van der Waals surface area contributed by atoms with Crippen molar-refractivity contribution in [2.75, 3.05) is 13.7 Å². The lowest BCUT2D eigenvalue weighted by Crippen LogP contribution is -2.04. The van der Waals surface area contributed by atoms with E-state index in [1.165, 1.54) is 13.4 Å². The van der Waals surface area contributed by atoms with Crippen molar-refractivity contribution in [3.8, 4) is 5.75 Å². The summed E-state index contributed by atoms with van der Waals surface area (Å²) in [6.07, 6.45) is 3.18. The highest BCUT2D eigenvalue weighted by atomic mass is 16.5. The molecule has 0 spiro atoms. The zero-order valence-corrected chi connectivity index (χ0v) is 10.7. The maximum Gasteiger partial charge on any atom is 0.339 e. The van der Waals surface area contributed by atoms with Crippen LogP contribution in [-0.2, 0) is 9.53 Å². The summed E-state index contributed by atoms with van der Waals surface area (Å²) < 4.78 is 10.4. The van der Waals surface area contributed by atoms with Gasteiger partial charge in [-0.3, -0.25) is 0 Å². The van der Waals surface area contributed by atoms with Crippen LogP contribution < -0.4 is 4.74 Å². The standard InChI is InChI=1S/C14H18O4/c1-3-4-9-18-13-8-6-5-7-11(13)12(10-17-2)14(15)16/h5-8,10H,3-4,9H2,1-2H3,(H,15,16)/b12-10+. The van der Waals surface area contributed by atoms with Gasteiger partial charge in [-0.25, -0.2) is 4.79 Å². The Morgan fingerprint density at radius 2 is 2.11 bits per heavy atom. The van der Waals surface area contributed by atoms with Gasteiger partial charge in [0, 0.05) is 5.56 Å². The number of methoxy groups -OCH3 is 1. The minimum atomic E-state index is -1.04. The van der Waals surface area contributed by atoms with Gasteiger partial charge in [0.15, 0.2) is 0 Å². The number of unbranched alkanes of at least 4 members (excludes halogenated alkanes) is 1. The first-order valence-corrected chi connectivity index (χ1v) is 5.89. The molecule has 0 amide bonds. The van der Waals surface area contributed by atoms with Crippen molar-refractivity contribution in [1.82, 2.24) is 0 Å². The van der Waals surface area contributed by atoms with Gasteiger partial charge in [0.1, 0.15) is 11.3 Å². The van der Waals surface area contributed by atoms with Crippen molar-refractivity contribution < 1.29 is 19.4 Å². The van der Waals surface area contributed by atoms with E-state index in [4.69, 9.17) is 14.6 Å². The number of carboxylic acids is 1. The summed E-state index contributed by atoms with van der Waals surface area (Å²) in [6.45, 7) is 2.65. The molecule has 1 aromatic rings. The van der Waals surface area contributed by atoms with Crippen LogP contribution in [0.2, 0.25) is 0 Å². The molecule has 0 unspecified atom stereocenters. The van der Waals surface area contributed by atoms with Gasteiger partial charge in [-0.15, -0.1) is 0 Å². The number of para-hydroxylation sites is 1. The molecule has 0 saturated heterocycles.